The van der Waals surface area contributed by atoms with E-state index in [0.717, 1.165) is 34.4 Å². The van der Waals surface area contributed by atoms with E-state index in [2.05, 4.69) is 21.2 Å². The zero-order valence-corrected chi connectivity index (χ0v) is 18.9. The Balaban J connectivity index is 1.50. The van der Waals surface area contributed by atoms with Crippen LogP contribution in [-0.2, 0) is 22.3 Å². The lowest BCUT2D eigenvalue weighted by Gasteiger charge is -2.32. The van der Waals surface area contributed by atoms with Crippen LogP contribution in [0.15, 0.2) is 53.5 Å². The van der Waals surface area contributed by atoms with Gasteiger partial charge in [-0.25, -0.2) is 10.4 Å². The van der Waals surface area contributed by atoms with Gasteiger partial charge in [0.05, 0.1) is 30.0 Å². The van der Waals surface area contributed by atoms with Crippen molar-refractivity contribution in [3.8, 4) is 5.75 Å². The molecule has 0 aromatic heterocycles. The van der Waals surface area contributed by atoms with Gasteiger partial charge >= 0.3 is 6.18 Å². The lowest BCUT2D eigenvalue weighted by molar-refractivity contribution is -0.137. The van der Waals surface area contributed by atoms with Crippen molar-refractivity contribution in [2.45, 2.75) is 18.9 Å². The maximum Gasteiger partial charge on any atom is 0.416 e. The molecule has 8 nitrogen and oxygen atoms in total. The number of hydrazine groups is 1. The first-order chi connectivity index (χ1) is 16.3. The number of amides is 2. The van der Waals surface area contributed by atoms with Gasteiger partial charge < -0.3 is 10.1 Å². The predicted octanol–water partition coefficient (Wildman–Crippen LogP) is 2.52. The normalized spacial score (nSPS) is 20.1. The highest BCUT2D eigenvalue weighted by molar-refractivity contribution is 8.14. The maximum atomic E-state index is 13.3. The van der Waals surface area contributed by atoms with Gasteiger partial charge in [0.2, 0.25) is 11.8 Å². The van der Waals surface area contributed by atoms with Crippen molar-refractivity contribution in [1.29, 1.82) is 0 Å². The third kappa shape index (κ3) is 5.18. The molecule has 2 aromatic carbocycles. The van der Waals surface area contributed by atoms with E-state index in [-0.39, 0.29) is 29.1 Å². The molecule has 0 saturated carbocycles. The number of thioether (sulfide) groups is 1. The number of rotatable bonds is 6. The average molecular weight is 494 g/mol. The van der Waals surface area contributed by atoms with Crippen LogP contribution < -0.4 is 25.8 Å². The second-order valence-corrected chi connectivity index (χ2v) is 8.53. The summed E-state index contributed by atoms with van der Waals surface area (Å²) in [6.45, 7) is 0.530. The Morgan fingerprint density at radius 3 is 2.82 bits per heavy atom. The molecule has 2 amide bonds. The van der Waals surface area contributed by atoms with Crippen molar-refractivity contribution in [2.75, 3.05) is 24.3 Å². The third-order valence-electron chi connectivity index (χ3n) is 5.36. The molecule has 0 spiro atoms. The maximum absolute atomic E-state index is 13.3. The SMILES string of the molecule is COc1ccccc1CNC(=O)CSC1=NC2NNCC2C(=O)N1c1cccc(C(F)(F)F)c1. The molecule has 34 heavy (non-hydrogen) atoms. The number of para-hydroxylation sites is 1. The quantitative estimate of drug-likeness (QED) is 0.573. The summed E-state index contributed by atoms with van der Waals surface area (Å²) in [4.78, 5) is 31.3. The number of nitrogens with one attached hydrogen (secondary N) is 3. The minimum atomic E-state index is -4.56. The smallest absolute Gasteiger partial charge is 0.416 e. The van der Waals surface area contributed by atoms with Crippen LogP contribution in [0.25, 0.3) is 0 Å². The lowest BCUT2D eigenvalue weighted by Crippen LogP contribution is -2.49. The van der Waals surface area contributed by atoms with Crippen LogP contribution in [0.5, 0.6) is 5.75 Å². The number of carbonyl (C=O) groups excluding carboxylic acids is 2. The second-order valence-electron chi connectivity index (χ2n) is 7.59. The zero-order chi connectivity index (χ0) is 24.3. The monoisotopic (exact) mass is 493 g/mol. The first kappa shape index (κ1) is 24.0. The Bertz CT molecular complexity index is 1110. The molecule has 1 fully saturated rings. The van der Waals surface area contributed by atoms with E-state index in [0.29, 0.717) is 12.3 Å². The Morgan fingerprint density at radius 1 is 1.26 bits per heavy atom. The largest absolute Gasteiger partial charge is 0.496 e. The number of amidine groups is 1. The molecule has 1 saturated heterocycles. The van der Waals surface area contributed by atoms with E-state index in [1.807, 2.05) is 18.2 Å². The van der Waals surface area contributed by atoms with Crippen molar-refractivity contribution in [1.82, 2.24) is 16.2 Å². The number of ether oxygens (including phenoxy) is 1. The minimum absolute atomic E-state index is 0.0471. The second kappa shape index (κ2) is 10.0. The summed E-state index contributed by atoms with van der Waals surface area (Å²) in [5.74, 6) is -0.734. The standard InChI is InChI=1S/C22H22F3N5O3S/c1-33-17-8-3-2-5-13(17)10-26-18(31)12-34-21-28-19-16(11-27-29-19)20(32)30(21)15-7-4-6-14(9-15)22(23,24)25/h2-9,16,19,27,29H,10-12H2,1H3,(H,26,31). The van der Waals surface area contributed by atoms with Gasteiger partial charge in [-0.05, 0) is 24.3 Å². The van der Waals surface area contributed by atoms with Gasteiger partial charge in [-0.3, -0.25) is 19.9 Å². The number of alkyl halides is 3. The Labute approximate surface area is 197 Å². The first-order valence-electron chi connectivity index (χ1n) is 10.4. The fourth-order valence-electron chi connectivity index (χ4n) is 3.65. The van der Waals surface area contributed by atoms with E-state index in [1.54, 1.807) is 6.07 Å². The fourth-order valence-corrected chi connectivity index (χ4v) is 4.53. The number of fused-ring (bicyclic) bond motifs is 1. The van der Waals surface area contributed by atoms with Crippen LogP contribution in [0.4, 0.5) is 18.9 Å². The summed E-state index contributed by atoms with van der Waals surface area (Å²) >= 11 is 0.982. The zero-order valence-electron chi connectivity index (χ0n) is 18.1. The van der Waals surface area contributed by atoms with E-state index in [9.17, 15) is 22.8 Å². The molecule has 0 aliphatic carbocycles. The van der Waals surface area contributed by atoms with Gasteiger partial charge in [0.1, 0.15) is 11.9 Å². The first-order valence-corrected chi connectivity index (χ1v) is 11.4. The van der Waals surface area contributed by atoms with Crippen molar-refractivity contribution in [2.24, 2.45) is 10.9 Å². The summed E-state index contributed by atoms with van der Waals surface area (Å²) in [7, 11) is 1.54. The van der Waals surface area contributed by atoms with Gasteiger partial charge in [0, 0.05) is 18.7 Å². The number of aliphatic imine (C=N–C) groups is 1. The van der Waals surface area contributed by atoms with Crippen LogP contribution >= 0.6 is 11.8 Å². The van der Waals surface area contributed by atoms with Gasteiger partial charge in [0.25, 0.3) is 0 Å². The molecular weight excluding hydrogens is 471 g/mol. The topological polar surface area (TPSA) is 95.1 Å². The molecule has 2 heterocycles. The number of halogens is 3. The highest BCUT2D eigenvalue weighted by atomic mass is 32.2. The van der Waals surface area contributed by atoms with E-state index in [1.165, 1.54) is 19.2 Å². The molecule has 2 unspecified atom stereocenters. The van der Waals surface area contributed by atoms with E-state index < -0.39 is 29.7 Å². The molecule has 0 bridgehead atoms. The summed E-state index contributed by atoms with van der Waals surface area (Å²) in [6.07, 6.45) is -5.12. The molecule has 3 N–H and O–H groups in total. The van der Waals surface area contributed by atoms with Crippen molar-refractivity contribution in [3.63, 3.8) is 0 Å². The summed E-state index contributed by atoms with van der Waals surface area (Å²) in [5.41, 5.74) is 5.70. The predicted molar refractivity (Wildman–Crippen MR) is 122 cm³/mol. The van der Waals surface area contributed by atoms with Gasteiger partial charge in [-0.1, -0.05) is 36.0 Å². The summed E-state index contributed by atoms with van der Waals surface area (Å²) < 4.78 is 45.0. The number of carbonyl (C=O) groups is 2. The van der Waals surface area contributed by atoms with Crippen LogP contribution in [0, 0.1) is 5.92 Å². The average Bonchev–Trinajstić information content (AvgIpc) is 3.30. The number of hydrogen-bond donors (Lipinski definition) is 3. The Hall–Kier alpha value is -3.09. The molecule has 2 atom stereocenters. The van der Waals surface area contributed by atoms with Crippen molar-refractivity contribution >= 4 is 34.4 Å². The number of nitrogens with zero attached hydrogens (tertiary/aromatic N) is 2. The highest BCUT2D eigenvalue weighted by Gasteiger charge is 2.43. The van der Waals surface area contributed by atoms with Crippen molar-refractivity contribution < 1.29 is 27.5 Å². The van der Waals surface area contributed by atoms with Crippen molar-refractivity contribution in [3.05, 3.63) is 59.7 Å². The number of methoxy groups -OCH3 is 1. The fraction of sp³-hybridized carbons (Fsp3) is 0.318. The number of hydrogen-bond acceptors (Lipinski definition) is 7. The molecule has 2 aliphatic rings. The highest BCUT2D eigenvalue weighted by Crippen LogP contribution is 2.34. The van der Waals surface area contributed by atoms with E-state index in [4.69, 9.17) is 4.74 Å². The van der Waals surface area contributed by atoms with Crippen LogP contribution in [-0.4, -0.2) is 42.6 Å². The van der Waals surface area contributed by atoms with Gasteiger partial charge in [-0.15, -0.1) is 0 Å². The van der Waals surface area contributed by atoms with Crippen LogP contribution in [0.3, 0.4) is 0 Å². The molecule has 180 valence electrons. The third-order valence-corrected chi connectivity index (χ3v) is 6.32. The molecule has 2 aliphatic heterocycles. The summed E-state index contributed by atoms with van der Waals surface area (Å²) in [6, 6.07) is 11.8. The molecule has 12 heteroatoms. The number of benzene rings is 2. The van der Waals surface area contributed by atoms with Gasteiger partial charge in [-0.2, -0.15) is 13.2 Å². The molecule has 0 radical (unpaired) electrons. The Morgan fingerprint density at radius 2 is 2.06 bits per heavy atom. The molecule has 2 aromatic rings. The van der Waals surface area contributed by atoms with Crippen LogP contribution in [0.2, 0.25) is 0 Å². The minimum Gasteiger partial charge on any atom is -0.496 e. The lowest BCUT2D eigenvalue weighted by atomic mass is 10.0. The van der Waals surface area contributed by atoms with E-state index >= 15 is 0 Å². The molecular formula is C22H22F3N5O3S. The number of anilines is 1. The Kier molecular flexibility index (Phi) is 7.10. The molecule has 4 rings (SSSR count). The summed E-state index contributed by atoms with van der Waals surface area (Å²) in [5, 5.41) is 2.93. The van der Waals surface area contributed by atoms with Gasteiger partial charge in [0.15, 0.2) is 5.17 Å². The van der Waals surface area contributed by atoms with Crippen LogP contribution in [0.1, 0.15) is 11.1 Å².